The number of hydrogen-bond acceptors (Lipinski definition) is 4. The van der Waals surface area contributed by atoms with E-state index in [1.165, 1.54) is 6.42 Å². The van der Waals surface area contributed by atoms with Crippen molar-refractivity contribution in [1.82, 2.24) is 9.80 Å². The van der Waals surface area contributed by atoms with Crippen LogP contribution in [0.3, 0.4) is 0 Å². The normalized spacial score (nSPS) is 24.1. The van der Waals surface area contributed by atoms with Crippen LogP contribution in [0.2, 0.25) is 0 Å². The van der Waals surface area contributed by atoms with Crippen molar-refractivity contribution in [2.45, 2.75) is 70.0 Å². The first-order chi connectivity index (χ1) is 10.6. The molecule has 0 aromatic heterocycles. The Morgan fingerprint density at radius 2 is 2.09 bits per heavy atom. The van der Waals surface area contributed by atoms with E-state index in [0.717, 1.165) is 25.7 Å². The third-order valence-corrected chi connectivity index (χ3v) is 4.87. The molecule has 2 fully saturated rings. The molecule has 0 radical (unpaired) electrons. The van der Waals surface area contributed by atoms with Crippen molar-refractivity contribution in [1.29, 1.82) is 5.26 Å². The van der Waals surface area contributed by atoms with Gasteiger partial charge in [0.15, 0.2) is 0 Å². The summed E-state index contributed by atoms with van der Waals surface area (Å²) in [7, 11) is 0. The second-order valence-electron chi connectivity index (χ2n) is 6.33. The molecule has 2 N–H and O–H groups in total. The van der Waals surface area contributed by atoms with Crippen LogP contribution in [-0.4, -0.2) is 52.8 Å². The molecule has 0 bridgehead atoms. The van der Waals surface area contributed by atoms with E-state index >= 15 is 0 Å². The van der Waals surface area contributed by atoms with Crippen molar-refractivity contribution in [3.05, 3.63) is 0 Å². The maximum atomic E-state index is 12.9. The van der Waals surface area contributed by atoms with Crippen LogP contribution in [0.15, 0.2) is 0 Å². The summed E-state index contributed by atoms with van der Waals surface area (Å²) in [5, 5.41) is 8.85. The molecule has 1 aliphatic heterocycles. The number of nitrogens with zero attached hydrogens (tertiary/aromatic N) is 3. The van der Waals surface area contributed by atoms with Gasteiger partial charge in [-0.1, -0.05) is 19.3 Å². The van der Waals surface area contributed by atoms with Crippen molar-refractivity contribution < 1.29 is 9.59 Å². The number of hydrogen-bond donors (Lipinski definition) is 1. The quantitative estimate of drug-likeness (QED) is 0.820. The molecule has 0 aromatic rings. The Morgan fingerprint density at radius 1 is 1.41 bits per heavy atom. The Bertz CT molecular complexity index is 454. The highest BCUT2D eigenvalue weighted by Gasteiger charge is 2.37. The van der Waals surface area contributed by atoms with Crippen LogP contribution in [0, 0.1) is 11.3 Å². The predicted molar refractivity (Wildman–Crippen MR) is 82.6 cm³/mol. The van der Waals surface area contributed by atoms with Crippen LogP contribution in [-0.2, 0) is 9.59 Å². The Balaban J connectivity index is 2.06. The monoisotopic (exact) mass is 306 g/mol. The van der Waals surface area contributed by atoms with Gasteiger partial charge in [-0.3, -0.25) is 9.59 Å². The number of nitriles is 1. The highest BCUT2D eigenvalue weighted by atomic mass is 16.2. The summed E-state index contributed by atoms with van der Waals surface area (Å²) in [4.78, 5) is 28.3. The van der Waals surface area contributed by atoms with E-state index in [9.17, 15) is 9.59 Å². The van der Waals surface area contributed by atoms with Crippen LogP contribution in [0.5, 0.6) is 0 Å². The van der Waals surface area contributed by atoms with Crippen molar-refractivity contribution in [3.63, 3.8) is 0 Å². The van der Waals surface area contributed by atoms with Gasteiger partial charge in [0.25, 0.3) is 0 Å². The minimum absolute atomic E-state index is 0.0374. The SMILES string of the molecule is C[C@@H](C(=O)N(CCC#N)C1CCCCC1)N1CC[C@H](N)C1=O. The molecule has 1 saturated heterocycles. The number of rotatable bonds is 5. The number of nitrogens with two attached hydrogens (primary N) is 1. The summed E-state index contributed by atoms with van der Waals surface area (Å²) in [5.41, 5.74) is 5.75. The van der Waals surface area contributed by atoms with Gasteiger partial charge >= 0.3 is 0 Å². The van der Waals surface area contributed by atoms with Gasteiger partial charge in [-0.2, -0.15) is 5.26 Å². The molecule has 0 aromatic carbocycles. The third kappa shape index (κ3) is 3.58. The Labute approximate surface area is 132 Å². The first-order valence-electron chi connectivity index (χ1n) is 8.29. The Hall–Kier alpha value is -1.61. The highest BCUT2D eigenvalue weighted by molar-refractivity contribution is 5.91. The van der Waals surface area contributed by atoms with Crippen molar-refractivity contribution in [2.75, 3.05) is 13.1 Å². The van der Waals surface area contributed by atoms with Gasteiger partial charge in [0.2, 0.25) is 11.8 Å². The number of likely N-dealkylation sites (tertiary alicyclic amines) is 1. The van der Waals surface area contributed by atoms with Crippen molar-refractivity contribution >= 4 is 11.8 Å². The molecular weight excluding hydrogens is 280 g/mol. The lowest BCUT2D eigenvalue weighted by Crippen LogP contribution is -2.52. The third-order valence-electron chi connectivity index (χ3n) is 4.87. The summed E-state index contributed by atoms with van der Waals surface area (Å²) in [6.45, 7) is 2.78. The molecule has 6 heteroatoms. The van der Waals surface area contributed by atoms with Gasteiger partial charge in [-0.05, 0) is 26.2 Å². The van der Waals surface area contributed by atoms with Gasteiger partial charge in [0.05, 0.1) is 18.5 Å². The Kier molecular flexibility index (Phi) is 5.78. The first kappa shape index (κ1) is 16.8. The van der Waals surface area contributed by atoms with E-state index < -0.39 is 12.1 Å². The van der Waals surface area contributed by atoms with Crippen LogP contribution in [0.1, 0.15) is 51.9 Å². The van der Waals surface area contributed by atoms with Crippen molar-refractivity contribution in [2.24, 2.45) is 5.73 Å². The van der Waals surface area contributed by atoms with Gasteiger partial charge in [-0.25, -0.2) is 0 Å². The lowest BCUT2D eigenvalue weighted by atomic mass is 9.93. The standard InChI is InChI=1S/C16H26N4O2/c1-12(19-11-8-14(18)16(19)22)15(21)20(10-5-9-17)13-6-3-2-4-7-13/h12-14H,2-8,10-11,18H2,1H3/t12-,14-/m0/s1. The molecular formula is C16H26N4O2. The summed E-state index contributed by atoms with van der Waals surface area (Å²) < 4.78 is 0. The molecule has 2 atom stereocenters. The summed E-state index contributed by atoms with van der Waals surface area (Å²) in [6.07, 6.45) is 6.41. The van der Waals surface area contributed by atoms with E-state index in [4.69, 9.17) is 11.0 Å². The number of carbonyl (C=O) groups is 2. The van der Waals surface area contributed by atoms with Crippen LogP contribution in [0.4, 0.5) is 0 Å². The van der Waals surface area contributed by atoms with Crippen LogP contribution >= 0.6 is 0 Å². The van der Waals surface area contributed by atoms with Crippen LogP contribution < -0.4 is 5.73 Å². The van der Waals surface area contributed by atoms with Crippen molar-refractivity contribution in [3.8, 4) is 6.07 Å². The zero-order valence-electron chi connectivity index (χ0n) is 13.3. The second kappa shape index (κ2) is 7.59. The molecule has 1 saturated carbocycles. The summed E-state index contributed by atoms with van der Waals surface area (Å²) >= 11 is 0. The lowest BCUT2D eigenvalue weighted by Gasteiger charge is -2.37. The van der Waals surface area contributed by atoms with E-state index in [0.29, 0.717) is 25.9 Å². The minimum atomic E-state index is -0.485. The minimum Gasteiger partial charge on any atom is -0.337 e. The molecule has 6 nitrogen and oxygen atoms in total. The van der Waals surface area contributed by atoms with E-state index in [2.05, 4.69) is 6.07 Å². The zero-order valence-corrected chi connectivity index (χ0v) is 13.3. The highest BCUT2D eigenvalue weighted by Crippen LogP contribution is 2.24. The van der Waals surface area contributed by atoms with Gasteiger partial charge in [-0.15, -0.1) is 0 Å². The second-order valence-corrected chi connectivity index (χ2v) is 6.33. The topological polar surface area (TPSA) is 90.4 Å². The maximum absolute atomic E-state index is 12.9. The predicted octanol–water partition coefficient (Wildman–Crippen LogP) is 1.01. The smallest absolute Gasteiger partial charge is 0.245 e. The summed E-state index contributed by atoms with van der Waals surface area (Å²) in [5.74, 6) is -0.172. The fourth-order valence-corrected chi connectivity index (χ4v) is 3.52. The average Bonchev–Trinajstić information content (AvgIpc) is 2.87. The van der Waals surface area contributed by atoms with E-state index in [1.54, 1.807) is 11.8 Å². The molecule has 22 heavy (non-hydrogen) atoms. The number of amides is 2. The maximum Gasteiger partial charge on any atom is 0.245 e. The molecule has 1 aliphatic carbocycles. The van der Waals surface area contributed by atoms with Crippen LogP contribution in [0.25, 0.3) is 0 Å². The van der Waals surface area contributed by atoms with Gasteiger partial charge < -0.3 is 15.5 Å². The molecule has 2 amide bonds. The Morgan fingerprint density at radius 3 is 2.64 bits per heavy atom. The fourth-order valence-electron chi connectivity index (χ4n) is 3.52. The fraction of sp³-hybridized carbons (Fsp3) is 0.812. The first-order valence-corrected chi connectivity index (χ1v) is 8.29. The molecule has 0 unspecified atom stereocenters. The summed E-state index contributed by atoms with van der Waals surface area (Å²) in [6, 6.07) is 1.37. The van der Waals surface area contributed by atoms with Gasteiger partial charge in [0, 0.05) is 19.1 Å². The molecule has 1 heterocycles. The van der Waals surface area contributed by atoms with Gasteiger partial charge in [0.1, 0.15) is 6.04 Å². The molecule has 2 rings (SSSR count). The molecule has 2 aliphatic rings. The van der Waals surface area contributed by atoms with E-state index in [-0.39, 0.29) is 17.9 Å². The molecule has 122 valence electrons. The van der Waals surface area contributed by atoms with E-state index in [1.807, 2.05) is 4.90 Å². The average molecular weight is 306 g/mol. The lowest BCUT2D eigenvalue weighted by molar-refractivity contribution is -0.145. The number of carbonyl (C=O) groups excluding carboxylic acids is 2. The zero-order chi connectivity index (χ0) is 16.1. The molecule has 0 spiro atoms. The largest absolute Gasteiger partial charge is 0.337 e.